The van der Waals surface area contributed by atoms with Gasteiger partial charge < -0.3 is 4.74 Å². The molecule has 0 atom stereocenters. The van der Waals surface area contributed by atoms with Gasteiger partial charge in [0.1, 0.15) is 5.69 Å². The number of ether oxygens (including phenoxy) is 1. The lowest BCUT2D eigenvalue weighted by Gasteiger charge is -2.05. The van der Waals surface area contributed by atoms with E-state index in [-0.39, 0.29) is 12.0 Å². The zero-order valence-corrected chi connectivity index (χ0v) is 7.69. The van der Waals surface area contributed by atoms with E-state index in [4.69, 9.17) is 7.85 Å². The summed E-state index contributed by atoms with van der Waals surface area (Å²) in [7, 11) is 6.70. The SMILES string of the molecule is [B]Cc1cc(N=O)ccc1C(=O)OC. The van der Waals surface area contributed by atoms with Crippen LogP contribution in [0.5, 0.6) is 0 Å². The van der Waals surface area contributed by atoms with Gasteiger partial charge in [0.15, 0.2) is 0 Å². The van der Waals surface area contributed by atoms with Crippen molar-refractivity contribution < 1.29 is 9.53 Å². The summed E-state index contributed by atoms with van der Waals surface area (Å²) in [6, 6.07) is 4.39. The highest BCUT2D eigenvalue weighted by atomic mass is 16.5. The number of benzene rings is 1. The molecule has 0 amide bonds. The normalized spacial score (nSPS) is 9.50. The number of nitrogens with zero attached hydrogens (tertiary/aromatic N) is 1. The first-order chi connectivity index (χ1) is 6.72. The molecule has 0 aliphatic heterocycles. The number of carbonyl (C=O) groups excluding carboxylic acids is 1. The second-order valence-electron chi connectivity index (χ2n) is 2.63. The Morgan fingerprint density at radius 3 is 2.79 bits per heavy atom. The van der Waals surface area contributed by atoms with Gasteiger partial charge in [0.25, 0.3) is 0 Å². The minimum absolute atomic E-state index is 0.161. The molecule has 0 aromatic heterocycles. The summed E-state index contributed by atoms with van der Waals surface area (Å²) in [5.41, 5.74) is 1.16. The summed E-state index contributed by atoms with van der Waals surface area (Å²) in [5.74, 6) is -0.470. The molecular formula is C9H8BNO3. The third-order valence-corrected chi connectivity index (χ3v) is 1.82. The summed E-state index contributed by atoms with van der Waals surface area (Å²) in [5, 5.41) is 2.75. The van der Waals surface area contributed by atoms with Gasteiger partial charge in [-0.2, -0.15) is 0 Å². The van der Waals surface area contributed by atoms with Gasteiger partial charge in [-0.25, -0.2) is 4.79 Å². The van der Waals surface area contributed by atoms with Gasteiger partial charge >= 0.3 is 5.97 Å². The Morgan fingerprint density at radius 2 is 2.29 bits per heavy atom. The van der Waals surface area contributed by atoms with Crippen LogP contribution in [0, 0.1) is 4.91 Å². The molecule has 2 radical (unpaired) electrons. The topological polar surface area (TPSA) is 55.7 Å². The minimum Gasteiger partial charge on any atom is -0.465 e. The van der Waals surface area contributed by atoms with E-state index in [0.717, 1.165) is 0 Å². The highest BCUT2D eigenvalue weighted by Gasteiger charge is 2.10. The maximum atomic E-state index is 11.2. The second-order valence-corrected chi connectivity index (χ2v) is 2.63. The van der Waals surface area contributed by atoms with Crippen LogP contribution in [0.3, 0.4) is 0 Å². The maximum absolute atomic E-state index is 11.2. The van der Waals surface area contributed by atoms with E-state index in [1.807, 2.05) is 0 Å². The van der Waals surface area contributed by atoms with E-state index in [2.05, 4.69) is 9.91 Å². The average molecular weight is 189 g/mol. The van der Waals surface area contributed by atoms with Crippen LogP contribution in [0.25, 0.3) is 0 Å². The second kappa shape index (κ2) is 4.55. The Balaban J connectivity index is 3.17. The molecule has 0 N–H and O–H groups in total. The highest BCUT2D eigenvalue weighted by Crippen LogP contribution is 2.18. The van der Waals surface area contributed by atoms with Gasteiger partial charge in [-0.05, 0) is 28.9 Å². The van der Waals surface area contributed by atoms with Crippen molar-refractivity contribution in [3.63, 3.8) is 0 Å². The number of methoxy groups -OCH3 is 1. The largest absolute Gasteiger partial charge is 0.465 e. The van der Waals surface area contributed by atoms with E-state index >= 15 is 0 Å². The van der Waals surface area contributed by atoms with E-state index in [0.29, 0.717) is 11.1 Å². The van der Waals surface area contributed by atoms with E-state index < -0.39 is 5.97 Å². The molecule has 14 heavy (non-hydrogen) atoms. The van der Waals surface area contributed by atoms with Crippen molar-refractivity contribution in [1.82, 2.24) is 0 Å². The predicted octanol–water partition coefficient (Wildman–Crippen LogP) is 1.54. The first-order valence-electron chi connectivity index (χ1n) is 3.97. The molecule has 0 unspecified atom stereocenters. The lowest BCUT2D eigenvalue weighted by molar-refractivity contribution is 0.0600. The van der Waals surface area contributed by atoms with Crippen molar-refractivity contribution >= 4 is 19.5 Å². The highest BCUT2D eigenvalue weighted by molar-refractivity contribution is 6.09. The molecule has 5 heteroatoms. The Kier molecular flexibility index (Phi) is 3.39. The molecule has 1 rings (SSSR count). The van der Waals surface area contributed by atoms with Crippen molar-refractivity contribution in [2.24, 2.45) is 5.18 Å². The van der Waals surface area contributed by atoms with Crippen LogP contribution < -0.4 is 0 Å². The predicted molar refractivity (Wildman–Crippen MR) is 52.7 cm³/mol. The van der Waals surface area contributed by atoms with Gasteiger partial charge in [-0.1, -0.05) is 6.32 Å². The molecule has 0 saturated heterocycles. The fourth-order valence-corrected chi connectivity index (χ4v) is 1.11. The Labute approximate surface area is 82.6 Å². The molecule has 0 spiro atoms. The zero-order chi connectivity index (χ0) is 10.6. The fourth-order valence-electron chi connectivity index (χ4n) is 1.11. The molecule has 0 fully saturated rings. The van der Waals surface area contributed by atoms with Crippen molar-refractivity contribution in [2.45, 2.75) is 6.32 Å². The molecule has 0 heterocycles. The standard InChI is InChI=1S/C9H8BNO3/c1-14-9(12)8-3-2-7(11-13)4-6(8)5-10/h2-4H,5H2,1H3. The average Bonchev–Trinajstić information content (AvgIpc) is 2.27. The van der Waals surface area contributed by atoms with Crippen LogP contribution in [0.4, 0.5) is 5.69 Å². The molecular weight excluding hydrogens is 181 g/mol. The number of hydrogen-bond acceptors (Lipinski definition) is 4. The lowest BCUT2D eigenvalue weighted by atomic mass is 9.92. The fraction of sp³-hybridized carbons (Fsp3) is 0.222. The van der Waals surface area contributed by atoms with Gasteiger partial charge in [-0.3, -0.25) is 0 Å². The van der Waals surface area contributed by atoms with Crippen LogP contribution >= 0.6 is 0 Å². The van der Waals surface area contributed by atoms with Crippen molar-refractivity contribution in [2.75, 3.05) is 7.11 Å². The minimum atomic E-state index is -0.470. The van der Waals surface area contributed by atoms with Crippen LogP contribution in [-0.4, -0.2) is 20.9 Å². The number of hydrogen-bond donors (Lipinski definition) is 0. The van der Waals surface area contributed by atoms with Crippen molar-refractivity contribution in [3.8, 4) is 0 Å². The molecule has 1 aromatic carbocycles. The number of carbonyl (C=O) groups is 1. The molecule has 70 valence electrons. The summed E-state index contributed by atoms with van der Waals surface area (Å²) in [6.45, 7) is 0. The maximum Gasteiger partial charge on any atom is 0.338 e. The smallest absolute Gasteiger partial charge is 0.338 e. The summed E-state index contributed by atoms with van der Waals surface area (Å²) < 4.78 is 4.55. The quantitative estimate of drug-likeness (QED) is 0.411. The summed E-state index contributed by atoms with van der Waals surface area (Å²) in [6.07, 6.45) is 0.161. The van der Waals surface area contributed by atoms with Crippen LogP contribution in [0.2, 0.25) is 0 Å². The Bertz CT molecular complexity index is 365. The molecule has 0 saturated carbocycles. The van der Waals surface area contributed by atoms with Gasteiger partial charge in [0.2, 0.25) is 0 Å². The third-order valence-electron chi connectivity index (χ3n) is 1.82. The molecule has 4 nitrogen and oxygen atoms in total. The van der Waals surface area contributed by atoms with E-state index in [1.54, 1.807) is 0 Å². The molecule has 0 aliphatic rings. The zero-order valence-electron chi connectivity index (χ0n) is 7.69. The molecule has 1 aromatic rings. The summed E-state index contributed by atoms with van der Waals surface area (Å²) in [4.78, 5) is 21.4. The summed E-state index contributed by atoms with van der Waals surface area (Å²) >= 11 is 0. The van der Waals surface area contributed by atoms with Crippen molar-refractivity contribution in [1.29, 1.82) is 0 Å². The Morgan fingerprint density at radius 1 is 1.57 bits per heavy atom. The van der Waals surface area contributed by atoms with E-state index in [9.17, 15) is 9.70 Å². The number of rotatable bonds is 3. The number of esters is 1. The van der Waals surface area contributed by atoms with Gasteiger partial charge in [0.05, 0.1) is 20.5 Å². The first-order valence-corrected chi connectivity index (χ1v) is 3.97. The lowest BCUT2D eigenvalue weighted by Crippen LogP contribution is -2.05. The molecule has 0 bridgehead atoms. The monoisotopic (exact) mass is 189 g/mol. The number of nitroso groups, excluding NO2 is 1. The third kappa shape index (κ3) is 1.99. The van der Waals surface area contributed by atoms with Crippen molar-refractivity contribution in [3.05, 3.63) is 34.2 Å². The Hall–Kier alpha value is -1.65. The van der Waals surface area contributed by atoms with Gasteiger partial charge in [-0.15, -0.1) is 4.91 Å². The molecule has 0 aliphatic carbocycles. The van der Waals surface area contributed by atoms with E-state index in [1.165, 1.54) is 25.3 Å². The first kappa shape index (κ1) is 10.4. The van der Waals surface area contributed by atoms with Gasteiger partial charge in [0, 0.05) is 0 Å². The van der Waals surface area contributed by atoms with Crippen LogP contribution in [0.15, 0.2) is 23.4 Å². The van der Waals surface area contributed by atoms with Crippen LogP contribution in [0.1, 0.15) is 15.9 Å². The van der Waals surface area contributed by atoms with Crippen LogP contribution in [-0.2, 0) is 11.1 Å².